The van der Waals surface area contributed by atoms with Crippen molar-refractivity contribution in [2.75, 3.05) is 0 Å². The van der Waals surface area contributed by atoms with Crippen molar-refractivity contribution in [3.8, 4) is 11.1 Å². The summed E-state index contributed by atoms with van der Waals surface area (Å²) < 4.78 is 4.80. The zero-order chi connectivity index (χ0) is 19.6. The molecule has 0 amide bonds. The van der Waals surface area contributed by atoms with Crippen LogP contribution in [0, 0.1) is 5.41 Å². The van der Waals surface area contributed by atoms with Crippen LogP contribution in [-0.2, 0) is 20.7 Å². The largest absolute Gasteiger partial charge is 0.481 e. The van der Waals surface area contributed by atoms with Gasteiger partial charge >= 0.3 is 11.9 Å². The van der Waals surface area contributed by atoms with Crippen molar-refractivity contribution in [2.45, 2.75) is 18.9 Å². The second kappa shape index (κ2) is 9.76. The smallest absolute Gasteiger partial charge is 0.331 e. The average molecular weight is 368 g/mol. The maximum Gasteiger partial charge on any atom is 0.331 e. The van der Waals surface area contributed by atoms with Crippen LogP contribution in [0.15, 0.2) is 66.9 Å². The normalized spacial score (nSPS) is 11.7. The van der Waals surface area contributed by atoms with Crippen LogP contribution in [0.1, 0.15) is 12.0 Å². The lowest BCUT2D eigenvalue weighted by Crippen LogP contribution is -2.38. The van der Waals surface area contributed by atoms with E-state index in [1.165, 1.54) is 0 Å². The summed E-state index contributed by atoms with van der Waals surface area (Å²) in [4.78, 5) is 21.5. The third kappa shape index (κ3) is 7.03. The predicted octanol–water partition coefficient (Wildman–Crippen LogP) is 2.88. The molecule has 0 aliphatic carbocycles. The van der Waals surface area contributed by atoms with Crippen molar-refractivity contribution in [2.24, 2.45) is 0 Å². The first kappa shape index (κ1) is 19.7. The van der Waals surface area contributed by atoms with Crippen LogP contribution in [0.4, 0.5) is 0 Å². The van der Waals surface area contributed by atoms with Crippen LogP contribution >= 0.6 is 0 Å². The fourth-order valence-electron chi connectivity index (χ4n) is 2.51. The summed E-state index contributed by atoms with van der Waals surface area (Å²) in [5.41, 5.74) is 3.05. The van der Waals surface area contributed by atoms with Gasteiger partial charge in [-0.3, -0.25) is 10.2 Å². The maximum atomic E-state index is 11.1. The van der Waals surface area contributed by atoms with E-state index >= 15 is 0 Å². The van der Waals surface area contributed by atoms with Gasteiger partial charge in [0, 0.05) is 6.04 Å². The molecule has 0 spiro atoms. The Morgan fingerprint density at radius 3 is 2.26 bits per heavy atom. The predicted molar refractivity (Wildman–Crippen MR) is 100 cm³/mol. The lowest BCUT2D eigenvalue weighted by atomic mass is 9.99. The van der Waals surface area contributed by atoms with Gasteiger partial charge < -0.3 is 20.3 Å². The lowest BCUT2D eigenvalue weighted by Gasteiger charge is -2.18. The monoisotopic (exact) mass is 368 g/mol. The van der Waals surface area contributed by atoms with Gasteiger partial charge in [0.2, 0.25) is 0 Å². The van der Waals surface area contributed by atoms with Gasteiger partial charge in [0.15, 0.2) is 0 Å². The molecule has 0 saturated carbocycles. The fraction of sp³-hybridized carbons (Fsp3) is 0.150. The molecule has 0 aliphatic heterocycles. The van der Waals surface area contributed by atoms with Crippen LogP contribution in [0.25, 0.3) is 11.1 Å². The minimum atomic E-state index is -1.21. The van der Waals surface area contributed by atoms with Crippen molar-refractivity contribution < 1.29 is 24.5 Å². The number of amidine groups is 1. The summed E-state index contributed by atoms with van der Waals surface area (Å²) in [5, 5.41) is 27.9. The van der Waals surface area contributed by atoms with Gasteiger partial charge in [0.05, 0.1) is 12.5 Å². The quantitative estimate of drug-likeness (QED) is 0.246. The van der Waals surface area contributed by atoms with E-state index in [2.05, 4.69) is 5.32 Å². The van der Waals surface area contributed by atoms with Crippen LogP contribution in [0.5, 0.6) is 0 Å². The second-order valence-electron chi connectivity index (χ2n) is 5.79. The highest BCUT2D eigenvalue weighted by atomic mass is 16.5. The summed E-state index contributed by atoms with van der Waals surface area (Å²) in [5.74, 6) is -2.22. The third-order valence-corrected chi connectivity index (χ3v) is 3.70. The number of ether oxygens (including phenoxy) is 1. The van der Waals surface area contributed by atoms with E-state index in [0.29, 0.717) is 6.42 Å². The number of carbonyl (C=O) groups is 2. The van der Waals surface area contributed by atoms with Crippen LogP contribution in [0.3, 0.4) is 0 Å². The molecular formula is C20H20N2O5. The van der Waals surface area contributed by atoms with Gasteiger partial charge in [0.1, 0.15) is 6.26 Å². The first-order valence-corrected chi connectivity index (χ1v) is 8.21. The highest BCUT2D eigenvalue weighted by Crippen LogP contribution is 2.20. The van der Waals surface area contributed by atoms with E-state index < -0.39 is 24.0 Å². The molecule has 1 atom stereocenters. The van der Waals surface area contributed by atoms with Gasteiger partial charge in [-0.05, 0) is 23.1 Å². The van der Waals surface area contributed by atoms with Crippen LogP contribution < -0.4 is 5.32 Å². The Labute approximate surface area is 156 Å². The molecule has 0 radical (unpaired) electrons. The molecule has 0 saturated heterocycles. The zero-order valence-electron chi connectivity index (χ0n) is 14.5. The van der Waals surface area contributed by atoms with Crippen molar-refractivity contribution in [3.63, 3.8) is 0 Å². The first-order valence-electron chi connectivity index (χ1n) is 8.21. The molecular weight excluding hydrogens is 348 g/mol. The number of hydrogen-bond donors (Lipinski definition) is 4. The van der Waals surface area contributed by atoms with E-state index in [9.17, 15) is 9.59 Å². The van der Waals surface area contributed by atoms with Crippen LogP contribution in [-0.4, -0.2) is 34.2 Å². The lowest BCUT2D eigenvalue weighted by molar-refractivity contribution is -0.137. The summed E-state index contributed by atoms with van der Waals surface area (Å²) in [6.07, 6.45) is 1.75. The van der Waals surface area contributed by atoms with Crippen molar-refractivity contribution in [1.82, 2.24) is 5.32 Å². The molecule has 2 rings (SSSR count). The molecule has 7 heteroatoms. The average Bonchev–Trinajstić information content (AvgIpc) is 2.62. The van der Waals surface area contributed by atoms with E-state index in [1.807, 2.05) is 54.6 Å². The molecule has 0 aromatic heterocycles. The Morgan fingerprint density at radius 2 is 1.67 bits per heavy atom. The van der Waals surface area contributed by atoms with E-state index in [0.717, 1.165) is 29.0 Å². The second-order valence-corrected chi connectivity index (χ2v) is 5.79. The Bertz CT molecular complexity index is 816. The van der Waals surface area contributed by atoms with Gasteiger partial charge in [-0.15, -0.1) is 0 Å². The molecule has 4 N–H and O–H groups in total. The molecule has 140 valence electrons. The van der Waals surface area contributed by atoms with Gasteiger partial charge in [-0.1, -0.05) is 54.6 Å². The van der Waals surface area contributed by atoms with E-state index in [1.54, 1.807) is 0 Å². The summed E-state index contributed by atoms with van der Waals surface area (Å²) in [6, 6.07) is 16.6. The van der Waals surface area contributed by atoms with Gasteiger partial charge in [0.25, 0.3) is 6.02 Å². The molecule has 27 heavy (non-hydrogen) atoms. The number of carboxylic acids is 2. The molecule has 0 fully saturated rings. The maximum absolute atomic E-state index is 11.1. The molecule has 0 heterocycles. The van der Waals surface area contributed by atoms with Gasteiger partial charge in [-0.2, -0.15) is 0 Å². The molecule has 0 aliphatic rings. The van der Waals surface area contributed by atoms with Crippen molar-refractivity contribution in [3.05, 3.63) is 72.5 Å². The van der Waals surface area contributed by atoms with Gasteiger partial charge in [-0.25, -0.2) is 4.79 Å². The highest BCUT2D eigenvalue weighted by molar-refractivity contribution is 5.80. The standard InChI is InChI=1S/C20H20N2O5/c21-20(27-11-10-18(23)24)22-17(13-19(25)26)12-14-6-8-16(9-7-14)15-4-2-1-3-5-15/h1-11,17H,12-13H2,(H2,21,22)(H,23,24)(H,25,26)/b11-10+/t17-/m1/s1. The summed E-state index contributed by atoms with van der Waals surface area (Å²) in [7, 11) is 0. The van der Waals surface area contributed by atoms with E-state index in [4.69, 9.17) is 20.4 Å². The van der Waals surface area contributed by atoms with Crippen molar-refractivity contribution >= 4 is 18.0 Å². The fourth-order valence-corrected chi connectivity index (χ4v) is 2.51. The van der Waals surface area contributed by atoms with E-state index in [-0.39, 0.29) is 6.42 Å². The summed E-state index contributed by atoms with van der Waals surface area (Å²) >= 11 is 0. The minimum absolute atomic E-state index is 0.213. The first-order chi connectivity index (χ1) is 12.9. The number of carboxylic acid groups (broad SMARTS) is 2. The Balaban J connectivity index is 2.01. The highest BCUT2D eigenvalue weighted by Gasteiger charge is 2.16. The minimum Gasteiger partial charge on any atom is -0.481 e. The Kier molecular flexibility index (Phi) is 7.13. The Morgan fingerprint density at radius 1 is 1.04 bits per heavy atom. The summed E-state index contributed by atoms with van der Waals surface area (Å²) in [6.45, 7) is 0. The number of hydrogen-bond acceptors (Lipinski definition) is 4. The number of benzene rings is 2. The number of nitrogens with one attached hydrogen (secondary N) is 2. The molecule has 0 bridgehead atoms. The number of rotatable bonds is 8. The SMILES string of the molecule is N=C(N[C@@H](CC(=O)O)Cc1ccc(-c2ccccc2)cc1)O/C=C/C(=O)O. The molecule has 2 aromatic carbocycles. The third-order valence-electron chi connectivity index (χ3n) is 3.70. The Hall–Kier alpha value is -3.61. The molecule has 7 nitrogen and oxygen atoms in total. The molecule has 0 unspecified atom stereocenters. The van der Waals surface area contributed by atoms with Crippen LogP contribution in [0.2, 0.25) is 0 Å². The zero-order valence-corrected chi connectivity index (χ0v) is 14.5. The topological polar surface area (TPSA) is 120 Å². The molecule has 2 aromatic rings. The number of aliphatic carboxylic acids is 2. The van der Waals surface area contributed by atoms with Crippen molar-refractivity contribution in [1.29, 1.82) is 5.41 Å².